The van der Waals surface area contributed by atoms with Gasteiger partial charge in [0.25, 0.3) is 0 Å². The Morgan fingerprint density at radius 3 is 2.67 bits per heavy atom. The van der Waals surface area contributed by atoms with Crippen LogP contribution in [0.5, 0.6) is 0 Å². The summed E-state index contributed by atoms with van der Waals surface area (Å²) in [7, 11) is -3.43. The number of rotatable bonds is 6. The fourth-order valence-corrected chi connectivity index (χ4v) is 4.85. The third-order valence-corrected chi connectivity index (χ3v) is 6.02. The second kappa shape index (κ2) is 9.57. The van der Waals surface area contributed by atoms with Crippen molar-refractivity contribution in [1.29, 1.82) is 0 Å². The summed E-state index contributed by atoms with van der Waals surface area (Å²) in [5.74, 6) is -0.298. The standard InChI is InChI=1S/C22H28FN3O3S/c1-3-24-22(27)26-13-7-12-20(25-30(2,28)29)21(26)15-16-8-6-9-17(14-16)18-10-4-5-11-19(18)23/h4-6,8-11,14,20-21,25H,3,7,12-13,15H2,1-2H3,(H,24,27)/t20-,21-/m1/s1. The number of hydrogen-bond acceptors (Lipinski definition) is 3. The van der Waals surface area contributed by atoms with E-state index in [1.165, 1.54) is 6.07 Å². The SMILES string of the molecule is CCNC(=O)N1CCC[C@@H](NS(C)(=O)=O)[C@H]1Cc1cccc(-c2ccccc2F)c1. The highest BCUT2D eigenvalue weighted by Gasteiger charge is 2.35. The minimum atomic E-state index is -3.43. The molecule has 2 amide bonds. The van der Waals surface area contributed by atoms with E-state index in [9.17, 15) is 17.6 Å². The highest BCUT2D eigenvalue weighted by molar-refractivity contribution is 7.88. The predicted octanol–water partition coefficient (Wildman–Crippen LogP) is 3.15. The van der Waals surface area contributed by atoms with Crippen molar-refractivity contribution in [2.75, 3.05) is 19.3 Å². The number of likely N-dealkylation sites (tertiary alicyclic amines) is 1. The van der Waals surface area contributed by atoms with Crippen molar-refractivity contribution in [2.45, 2.75) is 38.3 Å². The lowest BCUT2D eigenvalue weighted by atomic mass is 9.90. The van der Waals surface area contributed by atoms with Crippen LogP contribution in [0.3, 0.4) is 0 Å². The van der Waals surface area contributed by atoms with Gasteiger partial charge in [-0.1, -0.05) is 42.5 Å². The van der Waals surface area contributed by atoms with E-state index in [-0.39, 0.29) is 23.9 Å². The average molecular weight is 434 g/mol. The molecular formula is C22H28FN3O3S. The molecule has 0 aromatic heterocycles. The van der Waals surface area contributed by atoms with Crippen LogP contribution in [0.25, 0.3) is 11.1 Å². The number of halogens is 1. The Labute approximate surface area is 177 Å². The van der Waals surface area contributed by atoms with Gasteiger partial charge >= 0.3 is 6.03 Å². The Morgan fingerprint density at radius 1 is 1.20 bits per heavy atom. The summed E-state index contributed by atoms with van der Waals surface area (Å²) in [5, 5.41) is 2.82. The van der Waals surface area contributed by atoms with Crippen LogP contribution < -0.4 is 10.0 Å². The van der Waals surface area contributed by atoms with E-state index in [0.717, 1.165) is 23.8 Å². The third kappa shape index (κ3) is 5.58. The molecule has 8 heteroatoms. The molecule has 0 saturated carbocycles. The number of sulfonamides is 1. The van der Waals surface area contributed by atoms with Gasteiger partial charge in [-0.15, -0.1) is 0 Å². The lowest BCUT2D eigenvalue weighted by molar-refractivity contribution is 0.134. The molecule has 2 N–H and O–H groups in total. The molecule has 162 valence electrons. The maximum Gasteiger partial charge on any atom is 0.317 e. The number of carbonyl (C=O) groups is 1. The molecule has 1 saturated heterocycles. The number of carbonyl (C=O) groups excluding carboxylic acids is 1. The van der Waals surface area contributed by atoms with Crippen LogP contribution in [0.4, 0.5) is 9.18 Å². The first-order valence-corrected chi connectivity index (χ1v) is 12.0. The highest BCUT2D eigenvalue weighted by Crippen LogP contribution is 2.26. The summed E-state index contributed by atoms with van der Waals surface area (Å²) in [5.41, 5.74) is 2.17. The summed E-state index contributed by atoms with van der Waals surface area (Å²) >= 11 is 0. The first kappa shape index (κ1) is 22.2. The van der Waals surface area contributed by atoms with Crippen LogP contribution in [0.1, 0.15) is 25.3 Å². The van der Waals surface area contributed by atoms with Gasteiger partial charge in [0.15, 0.2) is 0 Å². The fourth-order valence-electron chi connectivity index (χ4n) is 4.03. The van der Waals surface area contributed by atoms with Crippen molar-refractivity contribution in [3.63, 3.8) is 0 Å². The number of benzene rings is 2. The Balaban J connectivity index is 1.91. The molecule has 2 atom stereocenters. The van der Waals surface area contributed by atoms with Gasteiger partial charge in [0, 0.05) is 24.7 Å². The van der Waals surface area contributed by atoms with Gasteiger partial charge < -0.3 is 10.2 Å². The maximum absolute atomic E-state index is 14.2. The van der Waals surface area contributed by atoms with Gasteiger partial charge in [-0.3, -0.25) is 0 Å². The molecular weight excluding hydrogens is 405 g/mol. The fraction of sp³-hybridized carbons (Fsp3) is 0.409. The normalized spacial score (nSPS) is 19.5. The van der Waals surface area contributed by atoms with Crippen LogP contribution in [0, 0.1) is 5.82 Å². The van der Waals surface area contributed by atoms with Crippen LogP contribution >= 0.6 is 0 Å². The van der Waals surface area contributed by atoms with Crippen molar-refractivity contribution >= 4 is 16.1 Å². The van der Waals surface area contributed by atoms with Crippen LogP contribution in [0.15, 0.2) is 48.5 Å². The zero-order valence-corrected chi connectivity index (χ0v) is 18.1. The number of nitrogens with zero attached hydrogens (tertiary/aromatic N) is 1. The van der Waals surface area contributed by atoms with Crippen molar-refractivity contribution in [3.05, 3.63) is 59.9 Å². The van der Waals surface area contributed by atoms with Crippen molar-refractivity contribution in [2.24, 2.45) is 0 Å². The van der Waals surface area contributed by atoms with E-state index in [1.54, 1.807) is 23.1 Å². The van der Waals surface area contributed by atoms with Gasteiger partial charge in [0.2, 0.25) is 10.0 Å². The van der Waals surface area contributed by atoms with E-state index < -0.39 is 10.0 Å². The number of amides is 2. The smallest absolute Gasteiger partial charge is 0.317 e. The second-order valence-electron chi connectivity index (χ2n) is 7.62. The van der Waals surface area contributed by atoms with Gasteiger partial charge in [-0.25, -0.2) is 22.3 Å². The summed E-state index contributed by atoms with van der Waals surface area (Å²) < 4.78 is 40.7. The summed E-state index contributed by atoms with van der Waals surface area (Å²) in [6.07, 6.45) is 2.97. The molecule has 1 aliphatic rings. The van der Waals surface area contributed by atoms with Crippen molar-refractivity contribution < 1.29 is 17.6 Å². The lowest BCUT2D eigenvalue weighted by Crippen LogP contribution is -2.59. The Hall–Kier alpha value is -2.45. The van der Waals surface area contributed by atoms with E-state index >= 15 is 0 Å². The third-order valence-electron chi connectivity index (χ3n) is 5.29. The maximum atomic E-state index is 14.2. The van der Waals surface area contributed by atoms with Crippen molar-refractivity contribution in [3.8, 4) is 11.1 Å². The molecule has 0 radical (unpaired) electrons. The molecule has 0 aliphatic carbocycles. The molecule has 1 fully saturated rings. The van der Waals surface area contributed by atoms with E-state index in [1.807, 2.05) is 31.2 Å². The molecule has 1 aliphatic heterocycles. The van der Waals surface area contributed by atoms with Gasteiger partial charge in [0.1, 0.15) is 5.82 Å². The molecule has 3 rings (SSSR count). The van der Waals surface area contributed by atoms with E-state index in [0.29, 0.717) is 31.5 Å². The lowest BCUT2D eigenvalue weighted by Gasteiger charge is -2.41. The largest absolute Gasteiger partial charge is 0.338 e. The van der Waals surface area contributed by atoms with Crippen LogP contribution in [-0.4, -0.2) is 50.8 Å². The first-order chi connectivity index (χ1) is 14.3. The van der Waals surface area contributed by atoms with Crippen molar-refractivity contribution in [1.82, 2.24) is 14.9 Å². The zero-order valence-electron chi connectivity index (χ0n) is 17.3. The van der Waals surface area contributed by atoms with E-state index in [4.69, 9.17) is 0 Å². The molecule has 2 aromatic rings. The summed E-state index contributed by atoms with van der Waals surface area (Å²) in [6, 6.07) is 13.2. The minimum absolute atomic E-state index is 0.201. The van der Waals surface area contributed by atoms with Crippen LogP contribution in [0.2, 0.25) is 0 Å². The van der Waals surface area contributed by atoms with Gasteiger partial charge in [-0.2, -0.15) is 0 Å². The Morgan fingerprint density at radius 2 is 1.97 bits per heavy atom. The van der Waals surface area contributed by atoms with E-state index in [2.05, 4.69) is 10.0 Å². The summed E-state index contributed by atoms with van der Waals surface area (Å²) in [4.78, 5) is 14.3. The quantitative estimate of drug-likeness (QED) is 0.735. The Bertz CT molecular complexity index is 997. The first-order valence-electron chi connectivity index (χ1n) is 10.1. The minimum Gasteiger partial charge on any atom is -0.338 e. The average Bonchev–Trinajstić information content (AvgIpc) is 2.69. The molecule has 0 bridgehead atoms. The zero-order chi connectivity index (χ0) is 21.7. The number of hydrogen-bond donors (Lipinski definition) is 2. The number of piperidine rings is 1. The molecule has 30 heavy (non-hydrogen) atoms. The molecule has 0 unspecified atom stereocenters. The molecule has 1 heterocycles. The number of urea groups is 1. The topological polar surface area (TPSA) is 78.5 Å². The van der Waals surface area contributed by atoms with Crippen LogP contribution in [-0.2, 0) is 16.4 Å². The second-order valence-corrected chi connectivity index (χ2v) is 9.40. The molecule has 2 aromatic carbocycles. The van der Waals surface area contributed by atoms with Gasteiger partial charge in [0.05, 0.1) is 12.3 Å². The van der Waals surface area contributed by atoms with Gasteiger partial charge in [-0.05, 0) is 43.4 Å². The Kier molecular flexibility index (Phi) is 7.10. The summed E-state index contributed by atoms with van der Waals surface area (Å²) in [6.45, 7) is 2.90. The highest BCUT2D eigenvalue weighted by atomic mass is 32.2. The molecule has 0 spiro atoms. The monoisotopic (exact) mass is 433 g/mol. The predicted molar refractivity (Wildman–Crippen MR) is 116 cm³/mol. The number of nitrogens with one attached hydrogen (secondary N) is 2. The molecule has 6 nitrogen and oxygen atoms in total.